The summed E-state index contributed by atoms with van der Waals surface area (Å²) in [5.41, 5.74) is 0.105. The molecule has 4 nitrogen and oxygen atoms in total. The number of nitrogens with zero attached hydrogens (tertiary/aromatic N) is 2. The molecule has 8 heteroatoms. The molecule has 1 aliphatic heterocycles. The van der Waals surface area contributed by atoms with E-state index in [0.717, 1.165) is 38.4 Å². The lowest BCUT2D eigenvalue weighted by Crippen LogP contribution is -2.40. The van der Waals surface area contributed by atoms with Crippen LogP contribution >= 0.6 is 12.4 Å². The van der Waals surface area contributed by atoms with Crippen molar-refractivity contribution in [2.24, 2.45) is 0 Å². The molecular formula is C22H31ClF3N3O. The minimum absolute atomic E-state index is 0. The monoisotopic (exact) mass is 445 g/mol. The smallest absolute Gasteiger partial charge is 0.339 e. The Bertz CT molecular complexity index is 775. The normalized spacial score (nSPS) is 14.4. The molecule has 2 aromatic rings. The van der Waals surface area contributed by atoms with Crippen LogP contribution in [0.15, 0.2) is 22.7 Å². The summed E-state index contributed by atoms with van der Waals surface area (Å²) >= 11 is 0. The van der Waals surface area contributed by atoms with Crippen LogP contribution in [0, 0.1) is 0 Å². The molecular weight excluding hydrogens is 415 g/mol. The molecule has 0 unspecified atom stereocenters. The molecule has 0 amide bonds. The summed E-state index contributed by atoms with van der Waals surface area (Å²) in [5.74, 6) is 0.853. The van der Waals surface area contributed by atoms with Crippen molar-refractivity contribution in [2.45, 2.75) is 76.8 Å². The third kappa shape index (κ3) is 6.71. The van der Waals surface area contributed by atoms with Gasteiger partial charge in [-0.3, -0.25) is 0 Å². The summed E-state index contributed by atoms with van der Waals surface area (Å²) in [7, 11) is 0. The average molecular weight is 446 g/mol. The highest BCUT2D eigenvalue weighted by molar-refractivity contribution is 5.85. The number of rotatable bonds is 11. The number of aryl methyl sites for hydroxylation is 1. The fourth-order valence-electron chi connectivity index (χ4n) is 3.63. The minimum atomic E-state index is -4.39. The zero-order valence-electron chi connectivity index (χ0n) is 17.4. The van der Waals surface area contributed by atoms with Gasteiger partial charge in [-0.2, -0.15) is 18.2 Å². The van der Waals surface area contributed by atoms with Crippen molar-refractivity contribution >= 4 is 12.4 Å². The topological polar surface area (TPSA) is 51.0 Å². The first-order valence-corrected chi connectivity index (χ1v) is 10.7. The molecule has 0 saturated carbocycles. The van der Waals surface area contributed by atoms with Gasteiger partial charge in [0, 0.05) is 18.7 Å². The average Bonchev–Trinajstić information content (AvgIpc) is 3.11. The third-order valence-electron chi connectivity index (χ3n) is 5.55. The predicted octanol–water partition coefficient (Wildman–Crippen LogP) is 6.55. The van der Waals surface area contributed by atoms with Crippen molar-refractivity contribution in [3.63, 3.8) is 0 Å². The second kappa shape index (κ2) is 11.7. The van der Waals surface area contributed by atoms with Gasteiger partial charge in [0.1, 0.15) is 0 Å². The summed E-state index contributed by atoms with van der Waals surface area (Å²) in [6, 6.07) is 4.40. The zero-order valence-corrected chi connectivity index (χ0v) is 18.2. The number of halogens is 4. The van der Waals surface area contributed by atoms with E-state index in [1.165, 1.54) is 32.1 Å². The first-order chi connectivity index (χ1) is 14.0. The second-order valence-corrected chi connectivity index (χ2v) is 7.91. The van der Waals surface area contributed by atoms with Gasteiger partial charge < -0.3 is 9.84 Å². The maximum atomic E-state index is 13.6. The Morgan fingerprint density at radius 1 is 1.03 bits per heavy atom. The van der Waals surface area contributed by atoms with Crippen LogP contribution in [0.5, 0.6) is 0 Å². The molecule has 1 N–H and O–H groups in total. The molecule has 0 spiro atoms. The largest absolute Gasteiger partial charge is 0.416 e. The van der Waals surface area contributed by atoms with Gasteiger partial charge in [0.2, 0.25) is 11.7 Å². The number of unbranched alkanes of at least 4 members (excludes halogenated alkanes) is 7. The van der Waals surface area contributed by atoms with E-state index >= 15 is 0 Å². The Kier molecular flexibility index (Phi) is 9.62. The van der Waals surface area contributed by atoms with E-state index in [0.29, 0.717) is 23.4 Å². The Balaban J connectivity index is 0.00000320. The number of benzene rings is 1. The van der Waals surface area contributed by atoms with Gasteiger partial charge in [0.25, 0.3) is 0 Å². The van der Waals surface area contributed by atoms with Crippen LogP contribution in [0.3, 0.4) is 0 Å². The van der Waals surface area contributed by atoms with Crippen molar-refractivity contribution in [1.29, 1.82) is 0 Å². The van der Waals surface area contributed by atoms with Crippen LogP contribution in [0.25, 0.3) is 11.4 Å². The summed E-state index contributed by atoms with van der Waals surface area (Å²) in [6.07, 6.45) is 5.01. The van der Waals surface area contributed by atoms with Gasteiger partial charge in [-0.25, -0.2) is 0 Å². The van der Waals surface area contributed by atoms with Crippen LogP contribution < -0.4 is 5.32 Å². The first kappa shape index (κ1) is 24.7. The van der Waals surface area contributed by atoms with E-state index in [9.17, 15) is 13.2 Å². The molecule has 1 aliphatic rings. The maximum absolute atomic E-state index is 13.6. The summed E-state index contributed by atoms with van der Waals surface area (Å²) in [4.78, 5) is 4.29. The van der Waals surface area contributed by atoms with Crippen molar-refractivity contribution in [3.05, 3.63) is 35.2 Å². The van der Waals surface area contributed by atoms with Gasteiger partial charge >= 0.3 is 6.18 Å². The molecule has 0 bridgehead atoms. The molecule has 2 heterocycles. The van der Waals surface area contributed by atoms with E-state index in [1.54, 1.807) is 12.1 Å². The van der Waals surface area contributed by atoms with Gasteiger partial charge in [-0.05, 0) is 24.5 Å². The number of aromatic nitrogens is 2. The van der Waals surface area contributed by atoms with Crippen molar-refractivity contribution in [3.8, 4) is 11.4 Å². The lowest BCUT2D eigenvalue weighted by Gasteiger charge is -2.22. The predicted molar refractivity (Wildman–Crippen MR) is 114 cm³/mol. The van der Waals surface area contributed by atoms with E-state index in [-0.39, 0.29) is 24.1 Å². The third-order valence-corrected chi connectivity index (χ3v) is 5.55. The SMILES string of the molecule is CCCCCCCCCCc1ccc(-c2noc(C3CNC3)n2)cc1C(F)(F)F.Cl. The van der Waals surface area contributed by atoms with Crippen LogP contribution in [0.4, 0.5) is 13.2 Å². The van der Waals surface area contributed by atoms with Crippen molar-refractivity contribution in [2.75, 3.05) is 13.1 Å². The molecule has 1 aromatic heterocycles. The number of nitrogens with one attached hydrogen (secondary N) is 1. The number of alkyl halides is 3. The molecule has 3 rings (SSSR count). The number of hydrogen-bond donors (Lipinski definition) is 1. The molecule has 30 heavy (non-hydrogen) atoms. The highest BCUT2D eigenvalue weighted by atomic mass is 35.5. The van der Waals surface area contributed by atoms with E-state index < -0.39 is 11.7 Å². The lowest BCUT2D eigenvalue weighted by molar-refractivity contribution is -0.138. The summed E-state index contributed by atoms with van der Waals surface area (Å²) in [5, 5.41) is 6.99. The van der Waals surface area contributed by atoms with E-state index in [1.807, 2.05) is 0 Å². The zero-order chi connectivity index (χ0) is 20.7. The standard InChI is InChI=1S/C22H30F3N3O.ClH/c1-2-3-4-5-6-7-8-9-10-16-11-12-17(13-19(16)22(23,24)25)20-27-21(29-28-20)18-14-26-15-18;/h11-13,18,26H,2-10,14-15H2,1H3;1H. The van der Waals surface area contributed by atoms with Crippen molar-refractivity contribution < 1.29 is 17.7 Å². The van der Waals surface area contributed by atoms with Gasteiger partial charge in [-0.15, -0.1) is 12.4 Å². The van der Waals surface area contributed by atoms with Gasteiger partial charge in [0.05, 0.1) is 11.5 Å². The van der Waals surface area contributed by atoms with Gasteiger partial charge in [-0.1, -0.05) is 69.2 Å². The fraction of sp³-hybridized carbons (Fsp3) is 0.636. The highest BCUT2D eigenvalue weighted by Gasteiger charge is 2.34. The Morgan fingerprint density at radius 3 is 2.30 bits per heavy atom. The molecule has 168 valence electrons. The summed E-state index contributed by atoms with van der Waals surface area (Å²) in [6.45, 7) is 3.70. The van der Waals surface area contributed by atoms with Crippen LogP contribution in [0.2, 0.25) is 0 Å². The van der Waals surface area contributed by atoms with Crippen LogP contribution in [-0.4, -0.2) is 23.2 Å². The Labute approximate surface area is 182 Å². The minimum Gasteiger partial charge on any atom is -0.339 e. The number of hydrogen-bond acceptors (Lipinski definition) is 4. The van der Waals surface area contributed by atoms with E-state index in [4.69, 9.17) is 4.52 Å². The quantitative estimate of drug-likeness (QED) is 0.398. The molecule has 0 radical (unpaired) electrons. The lowest BCUT2D eigenvalue weighted by atomic mass is 9.97. The molecule has 1 aromatic carbocycles. The molecule has 1 fully saturated rings. The second-order valence-electron chi connectivity index (χ2n) is 7.91. The fourth-order valence-corrected chi connectivity index (χ4v) is 3.63. The van der Waals surface area contributed by atoms with E-state index in [2.05, 4.69) is 22.4 Å². The first-order valence-electron chi connectivity index (χ1n) is 10.7. The maximum Gasteiger partial charge on any atom is 0.416 e. The molecule has 0 aliphatic carbocycles. The summed E-state index contributed by atoms with van der Waals surface area (Å²) < 4.78 is 46.1. The highest BCUT2D eigenvalue weighted by Crippen LogP contribution is 2.35. The van der Waals surface area contributed by atoms with Crippen LogP contribution in [0.1, 0.15) is 81.2 Å². The van der Waals surface area contributed by atoms with Crippen LogP contribution in [-0.2, 0) is 12.6 Å². The Hall–Kier alpha value is -1.60. The Morgan fingerprint density at radius 2 is 1.70 bits per heavy atom. The van der Waals surface area contributed by atoms with Crippen molar-refractivity contribution in [1.82, 2.24) is 15.5 Å². The molecule has 0 atom stereocenters. The van der Waals surface area contributed by atoms with Gasteiger partial charge in [0.15, 0.2) is 0 Å². The molecule has 1 saturated heterocycles.